The molecule has 1 aliphatic carbocycles. The Kier molecular flexibility index (Phi) is 6.94. The second-order valence-electron chi connectivity index (χ2n) is 8.41. The average molecular weight is 487 g/mol. The van der Waals surface area contributed by atoms with Crippen molar-refractivity contribution in [3.05, 3.63) is 69.3 Å². The zero-order valence-corrected chi connectivity index (χ0v) is 19.4. The fourth-order valence-electron chi connectivity index (χ4n) is 4.33. The first kappa shape index (κ1) is 23.8. The van der Waals surface area contributed by atoms with Gasteiger partial charge in [-0.25, -0.2) is 8.42 Å². The molecule has 0 spiro atoms. The number of carbonyl (C=O) groups excluding carboxylic acids is 2. The van der Waals surface area contributed by atoms with Gasteiger partial charge in [0.25, 0.3) is 11.6 Å². The molecule has 0 saturated carbocycles. The first-order valence-electron chi connectivity index (χ1n) is 11.2. The van der Waals surface area contributed by atoms with Gasteiger partial charge in [0.2, 0.25) is 15.9 Å². The lowest BCUT2D eigenvalue weighted by Gasteiger charge is -2.34. The van der Waals surface area contributed by atoms with E-state index in [4.69, 9.17) is 0 Å². The van der Waals surface area contributed by atoms with Gasteiger partial charge in [0.05, 0.1) is 16.4 Å². The summed E-state index contributed by atoms with van der Waals surface area (Å²) >= 11 is 0. The number of carbonyl (C=O) groups is 2. The smallest absolute Gasteiger partial charge is 0.270 e. The molecule has 1 aliphatic heterocycles. The summed E-state index contributed by atoms with van der Waals surface area (Å²) in [6, 6.07) is 10.6. The predicted octanol–water partition coefficient (Wildman–Crippen LogP) is 1.74. The number of fused-ring (bicyclic) bond motifs is 1. The third kappa shape index (κ3) is 5.10. The predicted molar refractivity (Wildman–Crippen MR) is 124 cm³/mol. The van der Waals surface area contributed by atoms with Crippen LogP contribution in [0, 0.1) is 10.1 Å². The van der Waals surface area contributed by atoms with Gasteiger partial charge in [-0.3, -0.25) is 19.7 Å². The molecule has 1 N–H and O–H groups in total. The Hall–Kier alpha value is -3.31. The molecule has 1 saturated heterocycles. The quantitative estimate of drug-likeness (QED) is 0.489. The van der Waals surface area contributed by atoms with Gasteiger partial charge in [0.15, 0.2) is 0 Å². The van der Waals surface area contributed by atoms with Crippen molar-refractivity contribution in [2.24, 2.45) is 0 Å². The van der Waals surface area contributed by atoms with Crippen LogP contribution in [0.2, 0.25) is 0 Å². The van der Waals surface area contributed by atoms with E-state index in [1.54, 1.807) is 12.1 Å². The van der Waals surface area contributed by atoms with Crippen LogP contribution in [0.1, 0.15) is 34.3 Å². The van der Waals surface area contributed by atoms with Crippen LogP contribution in [0.25, 0.3) is 0 Å². The van der Waals surface area contributed by atoms with Gasteiger partial charge in [-0.1, -0.05) is 12.1 Å². The summed E-state index contributed by atoms with van der Waals surface area (Å²) in [6.07, 6.45) is 4.06. The second kappa shape index (κ2) is 9.90. The number of non-ortho nitro benzene ring substituents is 1. The number of amides is 2. The number of aryl methyl sites for hydroxylation is 2. The lowest BCUT2D eigenvalue weighted by Crippen LogP contribution is -2.52. The van der Waals surface area contributed by atoms with Crippen molar-refractivity contribution in [1.29, 1.82) is 0 Å². The van der Waals surface area contributed by atoms with Crippen molar-refractivity contribution in [3.8, 4) is 0 Å². The van der Waals surface area contributed by atoms with Gasteiger partial charge >= 0.3 is 0 Å². The number of piperazine rings is 1. The van der Waals surface area contributed by atoms with E-state index in [9.17, 15) is 28.1 Å². The Morgan fingerprint density at radius 2 is 1.68 bits per heavy atom. The number of benzene rings is 2. The highest BCUT2D eigenvalue weighted by molar-refractivity contribution is 7.89. The minimum absolute atomic E-state index is 0.0861. The fraction of sp³-hybridized carbons (Fsp3) is 0.391. The van der Waals surface area contributed by atoms with E-state index in [2.05, 4.69) is 5.32 Å². The normalized spacial score (nSPS) is 16.5. The third-order valence-electron chi connectivity index (χ3n) is 6.27. The van der Waals surface area contributed by atoms with Gasteiger partial charge in [0.1, 0.15) is 0 Å². The summed E-state index contributed by atoms with van der Waals surface area (Å²) in [5, 5.41) is 13.3. The topological polar surface area (TPSA) is 130 Å². The number of nitrogens with one attached hydrogen (secondary N) is 1. The molecule has 0 radical (unpaired) electrons. The fourth-order valence-corrected chi connectivity index (χ4v) is 5.80. The summed E-state index contributed by atoms with van der Waals surface area (Å²) in [7, 11) is -3.65. The molecule has 2 aromatic carbocycles. The van der Waals surface area contributed by atoms with Gasteiger partial charge in [0, 0.05) is 43.9 Å². The monoisotopic (exact) mass is 486 g/mol. The molecular weight excluding hydrogens is 460 g/mol. The van der Waals surface area contributed by atoms with Crippen molar-refractivity contribution in [2.75, 3.05) is 32.7 Å². The molecule has 2 aromatic rings. The number of nitro groups is 1. The highest BCUT2D eigenvalue weighted by Gasteiger charge is 2.30. The number of nitrogens with zero attached hydrogens (tertiary/aromatic N) is 3. The van der Waals surface area contributed by atoms with Crippen molar-refractivity contribution in [3.63, 3.8) is 0 Å². The molecule has 4 rings (SSSR count). The van der Waals surface area contributed by atoms with Gasteiger partial charge in [-0.15, -0.1) is 0 Å². The average Bonchev–Trinajstić information content (AvgIpc) is 2.86. The van der Waals surface area contributed by atoms with Crippen LogP contribution >= 0.6 is 0 Å². The van der Waals surface area contributed by atoms with Crippen LogP contribution < -0.4 is 5.32 Å². The zero-order valence-electron chi connectivity index (χ0n) is 18.6. The highest BCUT2D eigenvalue weighted by Crippen LogP contribution is 2.26. The molecule has 0 atom stereocenters. The third-order valence-corrected chi connectivity index (χ3v) is 8.16. The number of hydrogen-bond acceptors (Lipinski definition) is 6. The first-order valence-corrected chi connectivity index (χ1v) is 12.6. The van der Waals surface area contributed by atoms with E-state index >= 15 is 0 Å². The molecule has 2 aliphatic rings. The highest BCUT2D eigenvalue weighted by atomic mass is 32.2. The van der Waals surface area contributed by atoms with E-state index in [0.29, 0.717) is 0 Å². The van der Waals surface area contributed by atoms with E-state index in [0.717, 1.165) is 37.3 Å². The van der Waals surface area contributed by atoms with Gasteiger partial charge in [-0.2, -0.15) is 4.31 Å². The Balaban J connectivity index is 1.31. The van der Waals surface area contributed by atoms with Crippen molar-refractivity contribution < 1.29 is 22.9 Å². The Morgan fingerprint density at radius 3 is 2.38 bits per heavy atom. The molecule has 10 nitrogen and oxygen atoms in total. The second-order valence-corrected chi connectivity index (χ2v) is 10.4. The molecular formula is C23H26N4O6S. The Morgan fingerprint density at radius 1 is 0.971 bits per heavy atom. The van der Waals surface area contributed by atoms with Crippen LogP contribution in [-0.4, -0.2) is 67.1 Å². The lowest BCUT2D eigenvalue weighted by atomic mass is 9.92. The van der Waals surface area contributed by atoms with Gasteiger partial charge < -0.3 is 10.2 Å². The molecule has 0 unspecified atom stereocenters. The Bertz CT molecular complexity index is 1220. The maximum atomic E-state index is 13.1. The molecule has 1 fully saturated rings. The number of nitro benzene ring substituents is 1. The van der Waals surface area contributed by atoms with E-state index < -0.39 is 20.9 Å². The molecule has 0 aromatic heterocycles. The Labute approximate surface area is 197 Å². The molecule has 1 heterocycles. The zero-order chi connectivity index (χ0) is 24.3. The summed E-state index contributed by atoms with van der Waals surface area (Å²) in [5.41, 5.74) is 2.19. The van der Waals surface area contributed by atoms with E-state index in [1.807, 2.05) is 6.07 Å². The van der Waals surface area contributed by atoms with E-state index in [-0.39, 0.29) is 54.8 Å². The van der Waals surface area contributed by atoms with E-state index in [1.165, 1.54) is 33.0 Å². The van der Waals surface area contributed by atoms with Crippen LogP contribution in [0.5, 0.6) is 0 Å². The summed E-state index contributed by atoms with van der Waals surface area (Å²) in [4.78, 5) is 36.9. The number of hydrogen-bond donors (Lipinski definition) is 1. The van der Waals surface area contributed by atoms with Crippen molar-refractivity contribution in [1.82, 2.24) is 14.5 Å². The summed E-state index contributed by atoms with van der Waals surface area (Å²) in [6.45, 7) is 0.498. The molecule has 0 bridgehead atoms. The number of sulfonamides is 1. The van der Waals surface area contributed by atoms with Crippen molar-refractivity contribution >= 4 is 27.5 Å². The largest absolute Gasteiger partial charge is 0.343 e. The standard InChI is InChI=1S/C23H26N4O6S/c28-22(16-24-23(29)19-6-3-7-20(14-19)27(30)31)25-10-12-26(13-11-25)34(32,33)21-9-8-17-4-1-2-5-18(17)15-21/h3,6-9,14-15H,1-2,4-5,10-13,16H2,(H,24,29). The van der Waals surface area contributed by atoms with Crippen molar-refractivity contribution in [2.45, 2.75) is 30.6 Å². The maximum Gasteiger partial charge on any atom is 0.270 e. The molecule has 11 heteroatoms. The lowest BCUT2D eigenvalue weighted by molar-refractivity contribution is -0.384. The first-order chi connectivity index (χ1) is 16.3. The maximum absolute atomic E-state index is 13.1. The van der Waals surface area contributed by atoms with Gasteiger partial charge in [-0.05, 0) is 55.0 Å². The van der Waals surface area contributed by atoms with Crippen LogP contribution in [0.3, 0.4) is 0 Å². The molecule has 2 amide bonds. The summed E-state index contributed by atoms with van der Waals surface area (Å²) in [5.74, 6) is -0.935. The van der Waals surface area contributed by atoms with Crippen LogP contribution in [0.4, 0.5) is 5.69 Å². The minimum atomic E-state index is -3.65. The number of rotatable bonds is 6. The van der Waals surface area contributed by atoms with Crippen LogP contribution in [-0.2, 0) is 27.7 Å². The SMILES string of the molecule is O=C(NCC(=O)N1CCN(S(=O)(=O)c2ccc3c(c2)CCCC3)CC1)c1cccc([N+](=O)[O-])c1. The van der Waals surface area contributed by atoms with Crippen LogP contribution in [0.15, 0.2) is 47.4 Å². The molecule has 180 valence electrons. The minimum Gasteiger partial charge on any atom is -0.343 e. The summed E-state index contributed by atoms with van der Waals surface area (Å²) < 4.78 is 27.6. The molecule has 34 heavy (non-hydrogen) atoms.